The molecule has 0 heterocycles. The van der Waals surface area contributed by atoms with Crippen molar-refractivity contribution in [2.45, 2.75) is 10.9 Å². The van der Waals surface area contributed by atoms with E-state index in [9.17, 15) is 8.78 Å². The first-order valence-electron chi connectivity index (χ1n) is 5.90. The van der Waals surface area contributed by atoms with Crippen LogP contribution in [0, 0.1) is 11.6 Å². The minimum atomic E-state index is -0.507. The van der Waals surface area contributed by atoms with Gasteiger partial charge in [0.2, 0.25) is 0 Å². The Morgan fingerprint density at radius 3 is 2.65 bits per heavy atom. The van der Waals surface area contributed by atoms with Gasteiger partial charge < -0.3 is 0 Å². The van der Waals surface area contributed by atoms with Gasteiger partial charge in [-0.15, -0.1) is 11.8 Å². The number of nitrogens with two attached hydrogens (primary N) is 1. The Labute approximate surface area is 125 Å². The van der Waals surface area contributed by atoms with Crippen LogP contribution in [0.15, 0.2) is 47.4 Å². The number of thioether (sulfide) groups is 1. The van der Waals surface area contributed by atoms with Crippen LogP contribution >= 0.6 is 23.4 Å². The van der Waals surface area contributed by atoms with Crippen molar-refractivity contribution < 1.29 is 8.78 Å². The second-order valence-electron chi connectivity index (χ2n) is 4.13. The molecule has 2 nitrogen and oxygen atoms in total. The van der Waals surface area contributed by atoms with Gasteiger partial charge in [-0.1, -0.05) is 23.7 Å². The number of benzene rings is 2. The molecular weight excluding hydrogens is 302 g/mol. The van der Waals surface area contributed by atoms with Crippen LogP contribution in [-0.2, 0) is 0 Å². The molecule has 0 aliphatic heterocycles. The summed E-state index contributed by atoms with van der Waals surface area (Å²) in [6.07, 6.45) is 0. The lowest BCUT2D eigenvalue weighted by atomic mass is 10.1. The predicted molar refractivity (Wildman–Crippen MR) is 78.6 cm³/mol. The van der Waals surface area contributed by atoms with E-state index in [1.807, 2.05) is 18.2 Å². The van der Waals surface area contributed by atoms with Gasteiger partial charge in [0.15, 0.2) is 0 Å². The Hall–Kier alpha value is -1.14. The monoisotopic (exact) mass is 314 g/mol. The van der Waals surface area contributed by atoms with Crippen molar-refractivity contribution in [1.82, 2.24) is 5.43 Å². The zero-order valence-corrected chi connectivity index (χ0v) is 12.0. The molecule has 0 aliphatic rings. The van der Waals surface area contributed by atoms with E-state index in [1.54, 1.807) is 6.07 Å². The molecule has 0 spiro atoms. The molecule has 0 saturated heterocycles. The van der Waals surface area contributed by atoms with E-state index in [2.05, 4.69) is 5.43 Å². The Kier molecular flexibility index (Phi) is 5.37. The Bertz CT molecular complexity index is 595. The van der Waals surface area contributed by atoms with Gasteiger partial charge >= 0.3 is 0 Å². The Balaban J connectivity index is 2.13. The van der Waals surface area contributed by atoms with Crippen molar-refractivity contribution in [1.29, 1.82) is 0 Å². The highest BCUT2D eigenvalue weighted by atomic mass is 35.5. The van der Waals surface area contributed by atoms with Crippen LogP contribution in [0.3, 0.4) is 0 Å². The first-order chi connectivity index (χ1) is 9.61. The lowest BCUT2D eigenvalue weighted by Crippen LogP contribution is -2.30. The van der Waals surface area contributed by atoms with Crippen molar-refractivity contribution in [2.75, 3.05) is 5.75 Å². The van der Waals surface area contributed by atoms with Gasteiger partial charge in [0.05, 0.1) is 11.1 Å². The van der Waals surface area contributed by atoms with E-state index in [4.69, 9.17) is 17.4 Å². The molecule has 1 atom stereocenters. The molecule has 2 rings (SSSR count). The SMILES string of the molecule is NNC(CSc1ccccc1Cl)c1cc(F)ccc1F. The van der Waals surface area contributed by atoms with E-state index in [0.717, 1.165) is 23.1 Å². The Morgan fingerprint density at radius 1 is 1.20 bits per heavy atom. The van der Waals surface area contributed by atoms with E-state index < -0.39 is 17.7 Å². The van der Waals surface area contributed by atoms with E-state index in [-0.39, 0.29) is 5.56 Å². The van der Waals surface area contributed by atoms with Gasteiger partial charge in [-0.25, -0.2) is 8.78 Å². The lowest BCUT2D eigenvalue weighted by molar-refractivity contribution is 0.534. The Morgan fingerprint density at radius 2 is 1.95 bits per heavy atom. The van der Waals surface area contributed by atoms with Crippen LogP contribution < -0.4 is 11.3 Å². The van der Waals surface area contributed by atoms with Crippen LogP contribution in [0.25, 0.3) is 0 Å². The molecule has 2 aromatic carbocycles. The molecule has 0 aliphatic carbocycles. The summed E-state index contributed by atoms with van der Waals surface area (Å²) in [7, 11) is 0. The summed E-state index contributed by atoms with van der Waals surface area (Å²) in [5, 5.41) is 0.619. The average Bonchev–Trinajstić information content (AvgIpc) is 2.45. The predicted octanol–water partition coefficient (Wildman–Crippen LogP) is 3.91. The molecular formula is C14H13ClF2N2S. The van der Waals surface area contributed by atoms with Gasteiger partial charge in [-0.05, 0) is 30.3 Å². The van der Waals surface area contributed by atoms with Crippen LogP contribution in [0.2, 0.25) is 5.02 Å². The molecule has 0 bridgehead atoms. The quantitative estimate of drug-likeness (QED) is 0.499. The van der Waals surface area contributed by atoms with Crippen LogP contribution in [0.1, 0.15) is 11.6 Å². The van der Waals surface area contributed by atoms with Gasteiger partial charge in [-0.3, -0.25) is 11.3 Å². The third-order valence-electron chi connectivity index (χ3n) is 2.78. The summed E-state index contributed by atoms with van der Waals surface area (Å²) in [6.45, 7) is 0. The van der Waals surface area contributed by atoms with Gasteiger partial charge in [0, 0.05) is 16.2 Å². The van der Waals surface area contributed by atoms with Crippen LogP contribution in [-0.4, -0.2) is 5.75 Å². The fourth-order valence-electron chi connectivity index (χ4n) is 1.74. The third kappa shape index (κ3) is 3.70. The summed E-state index contributed by atoms with van der Waals surface area (Å²) in [5.74, 6) is 4.88. The molecule has 0 saturated carbocycles. The summed E-state index contributed by atoms with van der Waals surface area (Å²) in [6, 6.07) is 10.1. The molecule has 2 aromatic rings. The minimum Gasteiger partial charge on any atom is -0.271 e. The van der Waals surface area contributed by atoms with Crippen molar-refractivity contribution in [3.05, 3.63) is 64.7 Å². The van der Waals surface area contributed by atoms with E-state index >= 15 is 0 Å². The fourth-order valence-corrected chi connectivity index (χ4v) is 3.05. The number of nitrogens with one attached hydrogen (secondary N) is 1. The van der Waals surface area contributed by atoms with Gasteiger partial charge in [0.25, 0.3) is 0 Å². The highest BCUT2D eigenvalue weighted by Gasteiger charge is 2.16. The van der Waals surface area contributed by atoms with Crippen molar-refractivity contribution >= 4 is 23.4 Å². The molecule has 20 heavy (non-hydrogen) atoms. The summed E-state index contributed by atoms with van der Waals surface area (Å²) in [4.78, 5) is 0.867. The van der Waals surface area contributed by atoms with E-state index in [1.165, 1.54) is 11.8 Å². The number of hydrogen-bond donors (Lipinski definition) is 2. The second kappa shape index (κ2) is 7.04. The molecule has 0 aromatic heterocycles. The zero-order chi connectivity index (χ0) is 14.5. The molecule has 1 unspecified atom stereocenters. The molecule has 0 radical (unpaired) electrons. The van der Waals surface area contributed by atoms with Crippen LogP contribution in [0.5, 0.6) is 0 Å². The molecule has 106 valence electrons. The largest absolute Gasteiger partial charge is 0.271 e. The highest BCUT2D eigenvalue weighted by Crippen LogP contribution is 2.30. The lowest BCUT2D eigenvalue weighted by Gasteiger charge is -2.17. The maximum atomic E-state index is 13.7. The number of rotatable bonds is 5. The molecule has 3 N–H and O–H groups in total. The maximum Gasteiger partial charge on any atom is 0.128 e. The van der Waals surface area contributed by atoms with Crippen LogP contribution in [0.4, 0.5) is 8.78 Å². The third-order valence-corrected chi connectivity index (χ3v) is 4.39. The standard InChI is InChI=1S/C14H13ClF2N2S/c15-11-3-1-2-4-14(11)20-8-13(19-18)10-7-9(16)5-6-12(10)17/h1-7,13,19H,8,18H2. The first kappa shape index (κ1) is 15.3. The van der Waals surface area contributed by atoms with Gasteiger partial charge in [0.1, 0.15) is 11.6 Å². The molecule has 0 fully saturated rings. The summed E-state index contributed by atoms with van der Waals surface area (Å²) >= 11 is 7.47. The number of hydrazine groups is 1. The number of halogens is 3. The molecule has 0 amide bonds. The first-order valence-corrected chi connectivity index (χ1v) is 7.26. The fraction of sp³-hybridized carbons (Fsp3) is 0.143. The van der Waals surface area contributed by atoms with Crippen molar-refractivity contribution in [3.63, 3.8) is 0 Å². The summed E-state index contributed by atoms with van der Waals surface area (Å²) < 4.78 is 26.9. The normalized spacial score (nSPS) is 12.4. The zero-order valence-electron chi connectivity index (χ0n) is 10.4. The summed E-state index contributed by atoms with van der Waals surface area (Å²) in [5.41, 5.74) is 2.71. The highest BCUT2D eigenvalue weighted by molar-refractivity contribution is 7.99. The minimum absolute atomic E-state index is 0.201. The second-order valence-corrected chi connectivity index (χ2v) is 5.60. The topological polar surface area (TPSA) is 38.0 Å². The molecule has 6 heteroatoms. The van der Waals surface area contributed by atoms with E-state index in [0.29, 0.717) is 10.8 Å². The van der Waals surface area contributed by atoms with Gasteiger partial charge in [-0.2, -0.15) is 0 Å². The van der Waals surface area contributed by atoms with Crippen molar-refractivity contribution in [3.8, 4) is 0 Å². The smallest absolute Gasteiger partial charge is 0.128 e. The number of hydrogen-bond acceptors (Lipinski definition) is 3. The average molecular weight is 315 g/mol. The van der Waals surface area contributed by atoms with Crippen molar-refractivity contribution in [2.24, 2.45) is 5.84 Å². The maximum absolute atomic E-state index is 13.7.